The molecule has 0 saturated carbocycles. The number of Topliss-reactive ketones (excluding diaryl/α,β-unsaturated/α-hetero) is 1. The van der Waals surface area contributed by atoms with E-state index in [1.165, 1.54) is 30.3 Å². The monoisotopic (exact) mass is 459 g/mol. The second kappa shape index (κ2) is 9.10. The van der Waals surface area contributed by atoms with E-state index < -0.39 is 10.9 Å². The lowest BCUT2D eigenvalue weighted by atomic mass is 10.1. The first-order chi connectivity index (χ1) is 16.3. The van der Waals surface area contributed by atoms with E-state index in [4.69, 9.17) is 4.74 Å². The fourth-order valence-corrected chi connectivity index (χ4v) is 3.80. The summed E-state index contributed by atoms with van der Waals surface area (Å²) in [5.41, 5.74) is 3.86. The molecule has 0 aliphatic carbocycles. The van der Waals surface area contributed by atoms with E-state index in [2.05, 4.69) is 10.1 Å². The molecule has 2 aromatic carbocycles. The van der Waals surface area contributed by atoms with E-state index in [1.807, 2.05) is 24.5 Å². The number of hydrogen-bond donors (Lipinski definition) is 0. The molecular formula is C24H21N5O5. The molecule has 172 valence electrons. The van der Waals surface area contributed by atoms with Crippen molar-refractivity contribution in [3.63, 3.8) is 0 Å². The summed E-state index contributed by atoms with van der Waals surface area (Å²) in [6.45, 7) is 3.71. The summed E-state index contributed by atoms with van der Waals surface area (Å²) < 4.78 is 8.08. The number of methoxy groups -OCH3 is 1. The van der Waals surface area contributed by atoms with Gasteiger partial charge in [0.15, 0.2) is 11.6 Å². The third kappa shape index (κ3) is 4.33. The molecule has 0 aliphatic rings. The first kappa shape index (κ1) is 22.6. The number of carbonyl (C=O) groups is 2. The Morgan fingerprint density at radius 2 is 1.82 bits per heavy atom. The van der Waals surface area contributed by atoms with Crippen molar-refractivity contribution in [3.8, 4) is 17.1 Å². The van der Waals surface area contributed by atoms with Gasteiger partial charge < -0.3 is 9.30 Å². The van der Waals surface area contributed by atoms with Crippen molar-refractivity contribution in [2.75, 3.05) is 7.11 Å². The Morgan fingerprint density at radius 1 is 1.09 bits per heavy atom. The van der Waals surface area contributed by atoms with Gasteiger partial charge in [0, 0.05) is 40.3 Å². The predicted molar refractivity (Wildman–Crippen MR) is 123 cm³/mol. The number of hydrogen-bond acceptors (Lipinski definition) is 7. The third-order valence-corrected chi connectivity index (χ3v) is 5.44. The molecule has 0 saturated heterocycles. The van der Waals surface area contributed by atoms with Crippen LogP contribution in [0.2, 0.25) is 0 Å². The van der Waals surface area contributed by atoms with Gasteiger partial charge in [0.05, 0.1) is 17.6 Å². The van der Waals surface area contributed by atoms with Crippen LogP contribution < -0.4 is 0 Å². The summed E-state index contributed by atoms with van der Waals surface area (Å²) in [6.07, 6.45) is 1.43. The second-order valence-corrected chi connectivity index (χ2v) is 7.66. The molecule has 0 fully saturated rings. The number of aromatic nitrogens is 4. The van der Waals surface area contributed by atoms with Crippen molar-refractivity contribution >= 4 is 17.4 Å². The number of non-ortho nitro benzene ring substituents is 1. The van der Waals surface area contributed by atoms with Crippen LogP contribution in [0.1, 0.15) is 32.1 Å². The number of esters is 1. The van der Waals surface area contributed by atoms with Crippen molar-refractivity contribution in [1.29, 1.82) is 0 Å². The minimum Gasteiger partial charge on any atom is -0.465 e. The van der Waals surface area contributed by atoms with Crippen LogP contribution in [0.4, 0.5) is 5.69 Å². The van der Waals surface area contributed by atoms with Crippen LogP contribution in [0.25, 0.3) is 17.1 Å². The summed E-state index contributed by atoms with van der Waals surface area (Å²) in [5, 5.41) is 15.3. The number of aryl methyl sites for hydroxylation is 1. The minimum absolute atomic E-state index is 0.0342. The molecule has 4 rings (SSSR count). The van der Waals surface area contributed by atoms with Gasteiger partial charge in [-0.15, -0.1) is 0 Å². The largest absolute Gasteiger partial charge is 0.465 e. The standard InChI is InChI=1S/C24H21N5O5/c1-15-11-21(16(2)28(15)19-9-7-17(8-10-19)24(31)34-3)22(30)13-27-14-25-23(26-27)18-5-4-6-20(12-18)29(32)33/h4-12,14H,13H2,1-3H3. The lowest BCUT2D eigenvalue weighted by Gasteiger charge is -2.10. The number of ether oxygens (including phenoxy) is 1. The Balaban J connectivity index is 1.55. The van der Waals surface area contributed by atoms with Crippen molar-refractivity contribution in [2.24, 2.45) is 0 Å². The van der Waals surface area contributed by atoms with Gasteiger partial charge in [-0.1, -0.05) is 12.1 Å². The molecule has 0 unspecified atom stereocenters. The number of ketones is 1. The molecule has 10 heteroatoms. The van der Waals surface area contributed by atoms with Gasteiger partial charge in [0.2, 0.25) is 0 Å². The first-order valence-electron chi connectivity index (χ1n) is 10.3. The van der Waals surface area contributed by atoms with E-state index in [-0.39, 0.29) is 18.0 Å². The molecule has 0 bridgehead atoms. The zero-order chi connectivity index (χ0) is 24.4. The van der Waals surface area contributed by atoms with Gasteiger partial charge in [-0.2, -0.15) is 5.10 Å². The molecular weight excluding hydrogens is 438 g/mol. The summed E-state index contributed by atoms with van der Waals surface area (Å²) in [4.78, 5) is 39.4. The molecule has 0 spiro atoms. The van der Waals surface area contributed by atoms with Crippen molar-refractivity contribution in [3.05, 3.63) is 93.6 Å². The van der Waals surface area contributed by atoms with Gasteiger partial charge in [-0.25, -0.2) is 14.5 Å². The number of rotatable bonds is 7. The van der Waals surface area contributed by atoms with Gasteiger partial charge >= 0.3 is 5.97 Å². The zero-order valence-electron chi connectivity index (χ0n) is 18.8. The van der Waals surface area contributed by atoms with E-state index in [9.17, 15) is 19.7 Å². The third-order valence-electron chi connectivity index (χ3n) is 5.44. The average molecular weight is 459 g/mol. The molecule has 2 heterocycles. The van der Waals surface area contributed by atoms with Gasteiger partial charge in [-0.05, 0) is 44.2 Å². The summed E-state index contributed by atoms with van der Waals surface area (Å²) in [7, 11) is 1.33. The van der Waals surface area contributed by atoms with Crippen LogP contribution in [-0.4, -0.2) is 43.1 Å². The highest BCUT2D eigenvalue weighted by Gasteiger charge is 2.19. The number of nitrogens with zero attached hydrogens (tertiary/aromatic N) is 5. The van der Waals surface area contributed by atoms with Gasteiger partial charge in [0.1, 0.15) is 12.9 Å². The van der Waals surface area contributed by atoms with E-state index >= 15 is 0 Å². The molecule has 34 heavy (non-hydrogen) atoms. The minimum atomic E-state index is -0.483. The maximum atomic E-state index is 13.1. The zero-order valence-corrected chi connectivity index (χ0v) is 18.8. The highest BCUT2D eigenvalue weighted by molar-refractivity contribution is 5.97. The Bertz CT molecular complexity index is 1400. The van der Waals surface area contributed by atoms with E-state index in [0.29, 0.717) is 22.5 Å². The molecule has 10 nitrogen and oxygen atoms in total. The number of carbonyl (C=O) groups excluding carboxylic acids is 2. The fourth-order valence-electron chi connectivity index (χ4n) is 3.80. The van der Waals surface area contributed by atoms with Crippen molar-refractivity contribution in [1.82, 2.24) is 19.3 Å². The maximum absolute atomic E-state index is 13.1. The second-order valence-electron chi connectivity index (χ2n) is 7.66. The van der Waals surface area contributed by atoms with Gasteiger partial charge in [-0.3, -0.25) is 14.9 Å². The highest BCUT2D eigenvalue weighted by atomic mass is 16.6. The molecule has 0 amide bonds. The molecule has 4 aromatic rings. The SMILES string of the molecule is COC(=O)c1ccc(-n2c(C)cc(C(=O)Cn3cnc(-c4cccc([N+](=O)[O-])c4)n3)c2C)cc1. The van der Waals surface area contributed by atoms with E-state index in [1.54, 1.807) is 36.4 Å². The quantitative estimate of drug-likeness (QED) is 0.178. The summed E-state index contributed by atoms with van der Waals surface area (Å²) in [6, 6.07) is 14.8. The topological polar surface area (TPSA) is 122 Å². The van der Waals surface area contributed by atoms with Crippen LogP contribution in [0.5, 0.6) is 0 Å². The molecule has 0 N–H and O–H groups in total. The Kier molecular flexibility index (Phi) is 6.05. The molecule has 0 radical (unpaired) electrons. The number of benzene rings is 2. The maximum Gasteiger partial charge on any atom is 0.337 e. The van der Waals surface area contributed by atoms with Crippen molar-refractivity contribution in [2.45, 2.75) is 20.4 Å². The average Bonchev–Trinajstić information content (AvgIpc) is 3.42. The van der Waals surface area contributed by atoms with Crippen LogP contribution in [0.3, 0.4) is 0 Å². The normalized spacial score (nSPS) is 10.8. The Morgan fingerprint density at radius 3 is 2.50 bits per heavy atom. The van der Waals surface area contributed by atoms with Crippen LogP contribution in [0, 0.1) is 24.0 Å². The van der Waals surface area contributed by atoms with Crippen LogP contribution in [0.15, 0.2) is 60.9 Å². The van der Waals surface area contributed by atoms with Crippen molar-refractivity contribution < 1.29 is 19.2 Å². The smallest absolute Gasteiger partial charge is 0.337 e. The summed E-state index contributed by atoms with van der Waals surface area (Å²) in [5.74, 6) is -0.269. The van der Waals surface area contributed by atoms with Gasteiger partial charge in [0.25, 0.3) is 5.69 Å². The lowest BCUT2D eigenvalue weighted by molar-refractivity contribution is -0.384. The molecule has 0 atom stereocenters. The highest BCUT2D eigenvalue weighted by Crippen LogP contribution is 2.23. The Hall–Kier alpha value is -4.60. The fraction of sp³-hybridized carbons (Fsp3) is 0.167. The lowest BCUT2D eigenvalue weighted by Crippen LogP contribution is -2.12. The number of nitro groups is 1. The van der Waals surface area contributed by atoms with Crippen LogP contribution >= 0.6 is 0 Å². The van der Waals surface area contributed by atoms with E-state index in [0.717, 1.165) is 17.1 Å². The predicted octanol–water partition coefficient (Wildman–Crippen LogP) is 3.93. The Labute approximate surface area is 194 Å². The molecule has 0 aliphatic heterocycles. The van der Waals surface area contributed by atoms with Crippen LogP contribution in [-0.2, 0) is 11.3 Å². The summed E-state index contributed by atoms with van der Waals surface area (Å²) >= 11 is 0. The molecule has 2 aromatic heterocycles. The number of nitro benzene ring substituents is 1. The first-order valence-corrected chi connectivity index (χ1v) is 10.3.